The van der Waals surface area contributed by atoms with Gasteiger partial charge in [0.2, 0.25) is 0 Å². The van der Waals surface area contributed by atoms with E-state index in [1.165, 1.54) is 16.7 Å². The summed E-state index contributed by atoms with van der Waals surface area (Å²) in [5, 5.41) is 1.22. The van der Waals surface area contributed by atoms with Gasteiger partial charge < -0.3 is 14.8 Å². The van der Waals surface area contributed by atoms with Crippen LogP contribution in [0.1, 0.15) is 41.5 Å². The monoisotopic (exact) mass is 372 g/mol. The molecule has 23 heavy (non-hydrogen) atoms. The highest BCUT2D eigenvalue weighted by atomic mass is 35.5. The Hall–Kier alpha value is -0.950. The van der Waals surface area contributed by atoms with E-state index in [-0.39, 0.29) is 6.04 Å². The van der Waals surface area contributed by atoms with E-state index in [9.17, 15) is 0 Å². The molecule has 0 fully saturated rings. The molecule has 0 saturated heterocycles. The second kappa shape index (κ2) is 8.24. The smallest absolute Gasteiger partial charge is 0.0814 e. The molecular formula is C16H16Cl2NO3S-. The zero-order valence-electron chi connectivity index (χ0n) is 12.1. The first kappa shape index (κ1) is 18.4. The van der Waals surface area contributed by atoms with Crippen molar-refractivity contribution in [3.63, 3.8) is 0 Å². The van der Waals surface area contributed by atoms with E-state index in [4.69, 9.17) is 42.2 Å². The molecule has 3 N–H and O–H groups in total. The van der Waals surface area contributed by atoms with Gasteiger partial charge in [-0.3, -0.25) is 0 Å². The first-order valence-corrected chi connectivity index (χ1v) is 8.76. The standard InChI is InChI=1S/C16H15Cl2N.H2O3S/c17-14-7-5-10(9-15(14)18)11-6-8-16(19)13-4-2-1-3-12(11)13;1-4(2)3/h1-5,7,9,11,16H,6,8,19H2;(H2,1,2,3)/p-1/t11-,16-;/m0./s1. The van der Waals surface area contributed by atoms with Gasteiger partial charge in [0.25, 0.3) is 0 Å². The largest absolute Gasteiger partial charge is 0.750 e. The summed E-state index contributed by atoms with van der Waals surface area (Å²) in [5.74, 6) is 0.366. The van der Waals surface area contributed by atoms with Gasteiger partial charge in [0.05, 0.1) is 21.4 Å². The van der Waals surface area contributed by atoms with Crippen LogP contribution in [0.15, 0.2) is 42.5 Å². The van der Waals surface area contributed by atoms with Gasteiger partial charge in [0, 0.05) is 12.0 Å². The Morgan fingerprint density at radius 1 is 1.09 bits per heavy atom. The van der Waals surface area contributed by atoms with Crippen LogP contribution in [0.2, 0.25) is 10.0 Å². The van der Waals surface area contributed by atoms with E-state index in [1.807, 2.05) is 12.1 Å². The molecule has 0 aliphatic heterocycles. The lowest BCUT2D eigenvalue weighted by Crippen LogP contribution is -2.20. The summed E-state index contributed by atoms with van der Waals surface area (Å²) in [6, 6.07) is 14.5. The highest BCUT2D eigenvalue weighted by Crippen LogP contribution is 2.41. The van der Waals surface area contributed by atoms with Crippen molar-refractivity contribution in [3.8, 4) is 0 Å². The van der Waals surface area contributed by atoms with Crippen LogP contribution in [0.25, 0.3) is 0 Å². The first-order chi connectivity index (χ1) is 10.9. The van der Waals surface area contributed by atoms with Gasteiger partial charge in [-0.25, -0.2) is 4.21 Å². The van der Waals surface area contributed by atoms with Crippen LogP contribution in [-0.2, 0) is 11.4 Å². The van der Waals surface area contributed by atoms with Gasteiger partial charge >= 0.3 is 0 Å². The summed E-state index contributed by atoms with van der Waals surface area (Å²) in [6.07, 6.45) is 2.05. The predicted octanol–water partition coefficient (Wildman–Crippen LogP) is 4.26. The lowest BCUT2D eigenvalue weighted by atomic mass is 9.77. The molecule has 0 bridgehead atoms. The van der Waals surface area contributed by atoms with Crippen LogP contribution in [0.3, 0.4) is 0 Å². The molecule has 0 amide bonds. The van der Waals surface area contributed by atoms with Crippen LogP contribution in [-0.4, -0.2) is 13.3 Å². The Labute approximate surface area is 147 Å². The third-order valence-electron chi connectivity index (χ3n) is 3.88. The van der Waals surface area contributed by atoms with Gasteiger partial charge in [-0.05, 0) is 41.7 Å². The zero-order chi connectivity index (χ0) is 17.0. The van der Waals surface area contributed by atoms with E-state index in [1.54, 1.807) is 0 Å². The fourth-order valence-corrected chi connectivity index (χ4v) is 3.21. The molecule has 1 aliphatic carbocycles. The molecule has 0 aromatic heterocycles. The topological polar surface area (TPSA) is 86.4 Å². The second-order valence-electron chi connectivity index (χ2n) is 5.26. The minimum Gasteiger partial charge on any atom is -0.750 e. The molecule has 1 aliphatic rings. The number of benzene rings is 2. The molecule has 3 rings (SSSR count). The zero-order valence-corrected chi connectivity index (χ0v) is 14.4. The van der Waals surface area contributed by atoms with Crippen molar-refractivity contribution < 1.29 is 13.3 Å². The molecule has 2 aromatic rings. The van der Waals surface area contributed by atoms with E-state index in [2.05, 4.69) is 30.3 Å². The number of nitrogens with two attached hydrogens (primary N) is 1. The van der Waals surface area contributed by atoms with Crippen LogP contribution < -0.4 is 5.73 Å². The summed E-state index contributed by atoms with van der Waals surface area (Å²) in [5.41, 5.74) is 9.98. The molecule has 3 atom stereocenters. The third-order valence-corrected chi connectivity index (χ3v) is 4.62. The molecule has 0 spiro atoms. The van der Waals surface area contributed by atoms with Gasteiger partial charge in [-0.2, -0.15) is 0 Å². The molecule has 4 nitrogen and oxygen atoms in total. The molecule has 1 unspecified atom stereocenters. The Morgan fingerprint density at radius 2 is 1.70 bits per heavy atom. The van der Waals surface area contributed by atoms with E-state index < -0.39 is 11.4 Å². The van der Waals surface area contributed by atoms with Crippen molar-refractivity contribution in [1.82, 2.24) is 0 Å². The summed E-state index contributed by atoms with van der Waals surface area (Å²) in [6.45, 7) is 0. The number of halogens is 2. The highest BCUT2D eigenvalue weighted by molar-refractivity contribution is 7.73. The molecule has 0 heterocycles. The van der Waals surface area contributed by atoms with Crippen molar-refractivity contribution in [3.05, 3.63) is 69.2 Å². The van der Waals surface area contributed by atoms with Crippen LogP contribution in [0, 0.1) is 0 Å². The summed E-state index contributed by atoms with van der Waals surface area (Å²) in [7, 11) is 0. The number of fused-ring (bicyclic) bond motifs is 1. The molecule has 7 heteroatoms. The fourth-order valence-electron chi connectivity index (χ4n) is 2.90. The van der Waals surface area contributed by atoms with Crippen LogP contribution in [0.4, 0.5) is 0 Å². The summed E-state index contributed by atoms with van der Waals surface area (Å²) < 4.78 is 24.1. The van der Waals surface area contributed by atoms with Gasteiger partial charge in [0.1, 0.15) is 0 Å². The van der Waals surface area contributed by atoms with E-state index in [0.717, 1.165) is 12.8 Å². The Bertz CT molecular complexity index is 707. The van der Waals surface area contributed by atoms with Crippen molar-refractivity contribution >= 4 is 34.6 Å². The summed E-state index contributed by atoms with van der Waals surface area (Å²) in [4.78, 5) is 0. The number of hydrogen-bond acceptors (Lipinski definition) is 3. The highest BCUT2D eigenvalue weighted by Gasteiger charge is 2.26. The third kappa shape index (κ3) is 4.76. The Kier molecular flexibility index (Phi) is 6.59. The number of rotatable bonds is 1. The van der Waals surface area contributed by atoms with Crippen molar-refractivity contribution in [1.29, 1.82) is 0 Å². The molecular weight excluding hydrogens is 357 g/mol. The van der Waals surface area contributed by atoms with Crippen molar-refractivity contribution in [2.24, 2.45) is 5.73 Å². The number of hydrogen-bond donors (Lipinski definition) is 2. The summed E-state index contributed by atoms with van der Waals surface area (Å²) >= 11 is 9.26. The van der Waals surface area contributed by atoms with Crippen molar-refractivity contribution in [2.45, 2.75) is 24.8 Å². The average Bonchev–Trinajstić information content (AvgIpc) is 2.50. The Balaban J connectivity index is 0.000000433. The second-order valence-corrected chi connectivity index (χ2v) is 6.50. The minimum atomic E-state index is -2.86. The molecule has 124 valence electrons. The van der Waals surface area contributed by atoms with E-state index in [0.29, 0.717) is 16.0 Å². The van der Waals surface area contributed by atoms with Crippen molar-refractivity contribution in [2.75, 3.05) is 0 Å². The van der Waals surface area contributed by atoms with Crippen LogP contribution in [0.5, 0.6) is 0 Å². The van der Waals surface area contributed by atoms with Gasteiger partial charge in [-0.1, -0.05) is 53.5 Å². The van der Waals surface area contributed by atoms with Crippen LogP contribution >= 0.6 is 23.2 Å². The minimum absolute atomic E-state index is 0.148. The van der Waals surface area contributed by atoms with E-state index >= 15 is 0 Å². The maximum absolute atomic E-state index is 8.56. The molecule has 2 aromatic carbocycles. The normalized spacial score (nSPS) is 20.9. The van der Waals surface area contributed by atoms with Gasteiger partial charge in [0.15, 0.2) is 0 Å². The SMILES string of the molecule is N[C@H]1CC[C@@H](c2ccc(Cl)c(Cl)c2)c2ccccc21.O=S([O-])O. The lowest BCUT2D eigenvalue weighted by molar-refractivity contribution is 0.436. The van der Waals surface area contributed by atoms with Gasteiger partial charge in [-0.15, -0.1) is 0 Å². The maximum Gasteiger partial charge on any atom is 0.0814 e. The predicted molar refractivity (Wildman–Crippen MR) is 92.5 cm³/mol. The molecule has 0 saturated carbocycles. The lowest BCUT2D eigenvalue weighted by Gasteiger charge is -2.30. The maximum atomic E-state index is 8.56. The first-order valence-electron chi connectivity index (χ1n) is 6.98. The Morgan fingerprint density at radius 3 is 2.30 bits per heavy atom. The molecule has 0 radical (unpaired) electrons. The quantitative estimate of drug-likeness (QED) is 0.732. The average molecular weight is 373 g/mol. The fraction of sp³-hybridized carbons (Fsp3) is 0.250.